The van der Waals surface area contributed by atoms with Crippen LogP contribution < -0.4 is 14.2 Å². The van der Waals surface area contributed by atoms with Crippen molar-refractivity contribution in [1.29, 1.82) is 5.26 Å². The van der Waals surface area contributed by atoms with Crippen LogP contribution in [0.5, 0.6) is 17.2 Å². The van der Waals surface area contributed by atoms with E-state index in [2.05, 4.69) is 32.2 Å². The molecule has 4 rings (SSSR count). The predicted molar refractivity (Wildman–Crippen MR) is 144 cm³/mol. The average Bonchev–Trinajstić information content (AvgIpc) is 3.40. The molecule has 0 saturated heterocycles. The number of carboxylic acids is 1. The molecule has 0 fully saturated rings. The molecule has 38 heavy (non-hydrogen) atoms. The molecule has 1 heterocycles. The van der Waals surface area contributed by atoms with Crippen molar-refractivity contribution in [3.8, 4) is 34.8 Å². The molecule has 0 spiro atoms. The fourth-order valence-electron chi connectivity index (χ4n) is 3.34. The number of hydrogen-bond donors (Lipinski definition) is 1. The Morgan fingerprint density at radius 3 is 2.53 bits per heavy atom. The van der Waals surface area contributed by atoms with Crippen LogP contribution >= 0.6 is 27.7 Å². The molecule has 9 nitrogen and oxygen atoms in total. The summed E-state index contributed by atoms with van der Waals surface area (Å²) in [6.45, 7) is 0.138. The SMILES string of the molecule is COc1cc(OC)cc(-c2nnc(S/C(=C\c3cc(Br)ccc3OCc3ccccc3C#N)C(=O)O)o2)c1. The third kappa shape index (κ3) is 6.53. The van der Waals surface area contributed by atoms with Crippen LogP contribution in [-0.4, -0.2) is 35.5 Å². The number of carboxylic acid groups (broad SMARTS) is 1. The van der Waals surface area contributed by atoms with Gasteiger partial charge in [-0.1, -0.05) is 34.1 Å². The first-order valence-corrected chi connectivity index (χ1v) is 12.6. The topological polar surface area (TPSA) is 128 Å². The number of ether oxygens (including phenoxy) is 3. The number of thioether (sulfide) groups is 1. The second-order valence-corrected chi connectivity index (χ2v) is 9.54. The molecule has 0 aliphatic heterocycles. The maximum Gasteiger partial charge on any atom is 0.342 e. The summed E-state index contributed by atoms with van der Waals surface area (Å²) >= 11 is 4.23. The first kappa shape index (κ1) is 26.8. The van der Waals surface area contributed by atoms with Gasteiger partial charge in [0.15, 0.2) is 0 Å². The quantitative estimate of drug-likeness (QED) is 0.168. The molecular formula is C27H20BrN3O6S. The van der Waals surface area contributed by atoms with Crippen molar-refractivity contribution in [1.82, 2.24) is 10.2 Å². The number of carbonyl (C=O) groups is 1. The zero-order valence-electron chi connectivity index (χ0n) is 20.2. The lowest BCUT2D eigenvalue weighted by Crippen LogP contribution is -2.01. The van der Waals surface area contributed by atoms with Gasteiger partial charge in [-0.15, -0.1) is 10.2 Å². The molecule has 0 radical (unpaired) electrons. The Hall–Kier alpha value is -4.27. The van der Waals surface area contributed by atoms with Crippen LogP contribution in [0.1, 0.15) is 16.7 Å². The van der Waals surface area contributed by atoms with Crippen LogP contribution in [0.25, 0.3) is 17.5 Å². The second-order valence-electron chi connectivity index (χ2n) is 7.63. The highest BCUT2D eigenvalue weighted by Crippen LogP contribution is 2.35. The summed E-state index contributed by atoms with van der Waals surface area (Å²) in [6.07, 6.45) is 1.46. The molecule has 0 aliphatic rings. The highest BCUT2D eigenvalue weighted by molar-refractivity contribution is 9.10. The van der Waals surface area contributed by atoms with Gasteiger partial charge < -0.3 is 23.7 Å². The van der Waals surface area contributed by atoms with E-state index in [9.17, 15) is 15.2 Å². The van der Waals surface area contributed by atoms with Gasteiger partial charge >= 0.3 is 5.97 Å². The van der Waals surface area contributed by atoms with Crippen LogP contribution in [0.2, 0.25) is 0 Å². The smallest absolute Gasteiger partial charge is 0.342 e. The van der Waals surface area contributed by atoms with Crippen molar-refractivity contribution in [3.63, 3.8) is 0 Å². The van der Waals surface area contributed by atoms with Crippen molar-refractivity contribution >= 4 is 39.7 Å². The van der Waals surface area contributed by atoms with E-state index in [1.165, 1.54) is 20.3 Å². The maximum absolute atomic E-state index is 12.1. The molecule has 11 heteroatoms. The number of nitrogens with zero attached hydrogens (tertiary/aromatic N) is 3. The number of methoxy groups -OCH3 is 2. The van der Waals surface area contributed by atoms with Gasteiger partial charge in [0.05, 0.1) is 25.9 Å². The van der Waals surface area contributed by atoms with E-state index < -0.39 is 5.97 Å². The van der Waals surface area contributed by atoms with Gasteiger partial charge in [0.2, 0.25) is 5.89 Å². The lowest BCUT2D eigenvalue weighted by molar-refractivity contribution is -0.131. The fraction of sp³-hybridized carbons (Fsp3) is 0.111. The highest BCUT2D eigenvalue weighted by atomic mass is 79.9. The molecule has 0 unspecified atom stereocenters. The van der Waals surface area contributed by atoms with Gasteiger partial charge in [0.1, 0.15) is 28.8 Å². The molecular weight excluding hydrogens is 574 g/mol. The van der Waals surface area contributed by atoms with E-state index in [1.54, 1.807) is 54.6 Å². The molecule has 0 atom stereocenters. The van der Waals surface area contributed by atoms with E-state index in [1.807, 2.05) is 6.07 Å². The summed E-state index contributed by atoms with van der Waals surface area (Å²) in [4.78, 5) is 12.0. The standard InChI is InChI=1S/C27H20BrN3O6S/c1-34-21-10-19(11-22(13-21)35-2)25-30-31-27(37-25)38-24(26(32)33)12-18-9-20(28)7-8-23(18)36-15-17-6-4-3-5-16(17)14-29/h3-13H,15H2,1-2H3,(H,32,33)/b24-12-. The van der Waals surface area contributed by atoms with Crippen molar-refractivity contribution in [2.45, 2.75) is 11.8 Å². The summed E-state index contributed by atoms with van der Waals surface area (Å²) in [5.41, 5.74) is 2.29. The Bertz CT molecular complexity index is 1520. The van der Waals surface area contributed by atoms with Gasteiger partial charge in [-0.3, -0.25) is 0 Å². The van der Waals surface area contributed by atoms with Crippen molar-refractivity contribution in [2.24, 2.45) is 0 Å². The molecule has 0 saturated carbocycles. The minimum absolute atomic E-state index is 0.0378. The Kier molecular flexibility index (Phi) is 8.68. The number of rotatable bonds is 10. The normalized spacial score (nSPS) is 11.1. The van der Waals surface area contributed by atoms with E-state index in [4.69, 9.17) is 18.6 Å². The maximum atomic E-state index is 12.1. The van der Waals surface area contributed by atoms with E-state index >= 15 is 0 Å². The number of aliphatic carboxylic acids is 1. The van der Waals surface area contributed by atoms with Gasteiger partial charge in [0, 0.05) is 27.2 Å². The van der Waals surface area contributed by atoms with Crippen LogP contribution in [0.15, 0.2) is 79.7 Å². The van der Waals surface area contributed by atoms with E-state index in [0.29, 0.717) is 39.5 Å². The monoisotopic (exact) mass is 593 g/mol. The Labute approximate surface area is 230 Å². The van der Waals surface area contributed by atoms with Gasteiger partial charge in [-0.25, -0.2) is 4.79 Å². The van der Waals surface area contributed by atoms with Gasteiger partial charge in [-0.2, -0.15) is 5.26 Å². The van der Waals surface area contributed by atoms with E-state index in [-0.39, 0.29) is 22.6 Å². The first-order valence-electron chi connectivity index (χ1n) is 11.0. The number of halogens is 1. The summed E-state index contributed by atoms with van der Waals surface area (Å²) in [7, 11) is 3.06. The second kappa shape index (κ2) is 12.3. The minimum Gasteiger partial charge on any atom is -0.497 e. The van der Waals surface area contributed by atoms with Crippen molar-refractivity contribution < 1.29 is 28.5 Å². The summed E-state index contributed by atoms with van der Waals surface area (Å²) in [5, 5.41) is 27.3. The molecule has 0 bridgehead atoms. The van der Waals surface area contributed by atoms with Gasteiger partial charge in [0.25, 0.3) is 5.22 Å². The molecule has 0 amide bonds. The predicted octanol–water partition coefficient (Wildman–Crippen LogP) is 6.18. The number of aromatic nitrogens is 2. The number of nitriles is 1. The third-order valence-corrected chi connectivity index (χ3v) is 6.54. The lowest BCUT2D eigenvalue weighted by Gasteiger charge is -2.11. The third-order valence-electron chi connectivity index (χ3n) is 5.19. The van der Waals surface area contributed by atoms with Crippen LogP contribution in [0.4, 0.5) is 0 Å². The Balaban J connectivity index is 1.60. The fourth-order valence-corrected chi connectivity index (χ4v) is 4.39. The molecule has 3 aromatic carbocycles. The lowest BCUT2D eigenvalue weighted by atomic mass is 10.1. The van der Waals surface area contributed by atoms with Crippen LogP contribution in [-0.2, 0) is 11.4 Å². The average molecular weight is 594 g/mol. The number of hydrogen-bond acceptors (Lipinski definition) is 9. The zero-order valence-corrected chi connectivity index (χ0v) is 22.6. The van der Waals surface area contributed by atoms with Crippen LogP contribution in [0.3, 0.4) is 0 Å². The minimum atomic E-state index is -1.18. The largest absolute Gasteiger partial charge is 0.497 e. The van der Waals surface area contributed by atoms with Crippen LogP contribution in [0, 0.1) is 11.3 Å². The summed E-state index contributed by atoms with van der Waals surface area (Å²) in [5.74, 6) is 0.514. The molecule has 1 aromatic heterocycles. The first-order chi connectivity index (χ1) is 18.4. The summed E-state index contributed by atoms with van der Waals surface area (Å²) < 4.78 is 23.0. The Morgan fingerprint density at radius 2 is 1.84 bits per heavy atom. The molecule has 4 aromatic rings. The zero-order chi connectivity index (χ0) is 27.1. The molecule has 192 valence electrons. The highest BCUT2D eigenvalue weighted by Gasteiger charge is 2.18. The number of benzene rings is 3. The van der Waals surface area contributed by atoms with Gasteiger partial charge in [-0.05, 0) is 54.2 Å². The van der Waals surface area contributed by atoms with E-state index in [0.717, 1.165) is 16.2 Å². The molecule has 1 N–H and O–H groups in total. The van der Waals surface area contributed by atoms with Crippen molar-refractivity contribution in [3.05, 3.63) is 86.7 Å². The Morgan fingerprint density at radius 1 is 1.11 bits per heavy atom. The summed E-state index contributed by atoms with van der Waals surface area (Å²) in [6, 6.07) is 19.6. The van der Waals surface area contributed by atoms with Crippen molar-refractivity contribution in [2.75, 3.05) is 14.2 Å². The molecule has 0 aliphatic carbocycles.